The number of β-amino-alcohol motifs (C(OH)–C–C–N with tert-alkyl or cyclic N) is 1. The first-order chi connectivity index (χ1) is 8.43. The largest absolute Gasteiger partial charge is 0.397 e. The maximum atomic E-state index is 11.6. The first kappa shape index (κ1) is 13.2. The number of hydrogen-bond acceptors (Lipinski definition) is 5. The van der Waals surface area contributed by atoms with Crippen molar-refractivity contribution < 1.29 is 9.90 Å². The Balaban J connectivity index is 2.21. The molecule has 1 fully saturated rings. The molecule has 1 aromatic rings. The number of nitrogen functional groups attached to an aromatic ring is 1. The maximum Gasteiger partial charge on any atom is 0.263 e. The molecule has 1 aromatic heterocycles. The van der Waals surface area contributed by atoms with Crippen LogP contribution in [0.3, 0.4) is 0 Å². The molecule has 4 N–H and O–H groups in total. The second-order valence-corrected chi connectivity index (χ2v) is 6.00. The fraction of sp³-hybridized carbons (Fsp3) is 0.583. The lowest BCUT2D eigenvalue weighted by Gasteiger charge is -2.37. The third-order valence-corrected chi connectivity index (χ3v) is 4.38. The van der Waals surface area contributed by atoms with Crippen molar-refractivity contribution in [3.05, 3.63) is 10.9 Å². The monoisotopic (exact) mass is 269 g/mol. The molecule has 1 saturated heterocycles. The lowest BCUT2D eigenvalue weighted by atomic mass is 9.95. The van der Waals surface area contributed by atoms with E-state index in [1.54, 1.807) is 7.05 Å². The fourth-order valence-corrected chi connectivity index (χ4v) is 3.30. The highest BCUT2D eigenvalue weighted by Crippen LogP contribution is 2.35. The van der Waals surface area contributed by atoms with E-state index in [1.165, 1.54) is 11.3 Å². The van der Waals surface area contributed by atoms with Crippen molar-refractivity contribution in [1.29, 1.82) is 0 Å². The van der Waals surface area contributed by atoms with Gasteiger partial charge in [0.05, 0.1) is 16.3 Å². The number of carbonyl (C=O) groups excluding carboxylic acids is 1. The van der Waals surface area contributed by atoms with Crippen LogP contribution in [0.15, 0.2) is 6.07 Å². The van der Waals surface area contributed by atoms with Gasteiger partial charge in [-0.3, -0.25) is 4.79 Å². The summed E-state index contributed by atoms with van der Waals surface area (Å²) < 4.78 is 0. The van der Waals surface area contributed by atoms with E-state index in [2.05, 4.69) is 10.2 Å². The average Bonchev–Trinajstić information content (AvgIpc) is 2.69. The molecule has 1 aliphatic rings. The fourth-order valence-electron chi connectivity index (χ4n) is 2.25. The topological polar surface area (TPSA) is 78.6 Å². The summed E-state index contributed by atoms with van der Waals surface area (Å²) in [5.74, 6) is -0.160. The Labute approximate surface area is 111 Å². The highest BCUT2D eigenvalue weighted by molar-refractivity contribution is 7.18. The molecule has 1 atom stereocenters. The standard InChI is InChI=1S/C12H19N3O2S/c1-12(17)4-3-5-15(7-12)9-6-8(13)10(18-9)11(16)14-2/h6,17H,3-5,7,13H2,1-2H3,(H,14,16). The van der Waals surface area contributed by atoms with E-state index >= 15 is 0 Å². The van der Waals surface area contributed by atoms with Crippen LogP contribution >= 0.6 is 11.3 Å². The zero-order chi connectivity index (χ0) is 13.3. The van der Waals surface area contributed by atoms with Crippen LogP contribution in [0.5, 0.6) is 0 Å². The third-order valence-electron chi connectivity index (χ3n) is 3.17. The molecule has 2 rings (SSSR count). The summed E-state index contributed by atoms with van der Waals surface area (Å²) in [5.41, 5.74) is 5.69. The summed E-state index contributed by atoms with van der Waals surface area (Å²) in [6, 6.07) is 1.82. The van der Waals surface area contributed by atoms with Gasteiger partial charge in [-0.2, -0.15) is 0 Å². The van der Waals surface area contributed by atoms with Crippen molar-refractivity contribution >= 4 is 27.9 Å². The molecule has 0 spiro atoms. The molecule has 0 bridgehead atoms. The van der Waals surface area contributed by atoms with E-state index in [4.69, 9.17) is 5.73 Å². The molecule has 6 heteroatoms. The van der Waals surface area contributed by atoms with Crippen molar-refractivity contribution in [3.8, 4) is 0 Å². The average molecular weight is 269 g/mol. The molecule has 18 heavy (non-hydrogen) atoms. The molecule has 1 aliphatic heterocycles. The van der Waals surface area contributed by atoms with Crippen molar-refractivity contribution in [2.24, 2.45) is 0 Å². The number of amides is 1. The van der Waals surface area contributed by atoms with Crippen LogP contribution in [0.25, 0.3) is 0 Å². The number of rotatable bonds is 2. The van der Waals surface area contributed by atoms with Crippen molar-refractivity contribution in [2.75, 3.05) is 30.8 Å². The molecular weight excluding hydrogens is 250 g/mol. The minimum atomic E-state index is -0.663. The first-order valence-corrected chi connectivity index (χ1v) is 6.83. The van der Waals surface area contributed by atoms with E-state index < -0.39 is 5.60 Å². The number of aliphatic hydroxyl groups is 1. The zero-order valence-corrected chi connectivity index (χ0v) is 11.5. The minimum Gasteiger partial charge on any atom is -0.397 e. The molecule has 2 heterocycles. The van der Waals surface area contributed by atoms with E-state index in [0.29, 0.717) is 17.1 Å². The number of piperidine rings is 1. The van der Waals surface area contributed by atoms with Crippen LogP contribution in [-0.4, -0.2) is 36.8 Å². The number of carbonyl (C=O) groups is 1. The van der Waals surface area contributed by atoms with Gasteiger partial charge in [0.2, 0.25) is 0 Å². The van der Waals surface area contributed by atoms with Crippen molar-refractivity contribution in [3.63, 3.8) is 0 Å². The Morgan fingerprint density at radius 3 is 3.00 bits per heavy atom. The summed E-state index contributed by atoms with van der Waals surface area (Å²) >= 11 is 1.38. The molecule has 5 nitrogen and oxygen atoms in total. The van der Waals surface area contributed by atoms with E-state index in [9.17, 15) is 9.90 Å². The van der Waals surface area contributed by atoms with Gasteiger partial charge >= 0.3 is 0 Å². The Morgan fingerprint density at radius 2 is 2.39 bits per heavy atom. The van der Waals surface area contributed by atoms with Gasteiger partial charge in [-0.1, -0.05) is 0 Å². The summed E-state index contributed by atoms with van der Waals surface area (Å²) in [5, 5.41) is 13.6. The lowest BCUT2D eigenvalue weighted by Crippen LogP contribution is -2.45. The molecule has 100 valence electrons. The number of nitrogens with two attached hydrogens (primary N) is 1. The lowest BCUT2D eigenvalue weighted by molar-refractivity contribution is 0.0451. The van der Waals surface area contributed by atoms with Gasteiger partial charge in [0, 0.05) is 20.1 Å². The molecule has 1 unspecified atom stereocenters. The maximum absolute atomic E-state index is 11.6. The summed E-state index contributed by atoms with van der Waals surface area (Å²) in [6.45, 7) is 3.32. The zero-order valence-electron chi connectivity index (χ0n) is 10.7. The second kappa shape index (κ2) is 4.78. The first-order valence-electron chi connectivity index (χ1n) is 6.02. The normalized spacial score (nSPS) is 24.1. The van der Waals surface area contributed by atoms with Gasteiger partial charge in [0.25, 0.3) is 5.91 Å². The molecule has 0 saturated carbocycles. The Kier molecular flexibility index (Phi) is 3.49. The van der Waals surface area contributed by atoms with Crippen LogP contribution in [0.2, 0.25) is 0 Å². The molecule has 0 radical (unpaired) electrons. The van der Waals surface area contributed by atoms with Crippen molar-refractivity contribution in [1.82, 2.24) is 5.32 Å². The van der Waals surface area contributed by atoms with E-state index in [1.807, 2.05) is 13.0 Å². The van der Waals surface area contributed by atoms with Gasteiger partial charge in [-0.15, -0.1) is 11.3 Å². The summed E-state index contributed by atoms with van der Waals surface area (Å²) in [4.78, 5) is 14.2. The number of anilines is 2. The van der Waals surface area contributed by atoms with E-state index in [-0.39, 0.29) is 5.91 Å². The Hall–Kier alpha value is -1.27. The number of nitrogens with zero attached hydrogens (tertiary/aromatic N) is 1. The molecule has 0 aliphatic carbocycles. The van der Waals surface area contributed by atoms with E-state index in [0.717, 1.165) is 24.4 Å². The highest BCUT2D eigenvalue weighted by atomic mass is 32.1. The number of hydrogen-bond donors (Lipinski definition) is 3. The predicted molar refractivity (Wildman–Crippen MR) is 74.2 cm³/mol. The van der Waals surface area contributed by atoms with Crippen LogP contribution in [0.4, 0.5) is 10.7 Å². The Bertz CT molecular complexity index is 456. The quantitative estimate of drug-likeness (QED) is 0.749. The Morgan fingerprint density at radius 1 is 1.67 bits per heavy atom. The third kappa shape index (κ3) is 2.59. The minimum absolute atomic E-state index is 0.160. The van der Waals surface area contributed by atoms with Crippen LogP contribution in [0, 0.1) is 0 Å². The van der Waals surface area contributed by atoms with Gasteiger partial charge in [0.15, 0.2) is 0 Å². The molecule has 0 aromatic carbocycles. The van der Waals surface area contributed by atoms with Gasteiger partial charge in [-0.25, -0.2) is 0 Å². The number of thiophene rings is 1. The number of nitrogens with one attached hydrogen (secondary N) is 1. The van der Waals surface area contributed by atoms with Gasteiger partial charge in [0.1, 0.15) is 4.88 Å². The highest BCUT2D eigenvalue weighted by Gasteiger charge is 2.29. The SMILES string of the molecule is CNC(=O)c1sc(N2CCCC(C)(O)C2)cc1N. The smallest absolute Gasteiger partial charge is 0.263 e. The van der Waals surface area contributed by atoms with Crippen molar-refractivity contribution in [2.45, 2.75) is 25.4 Å². The van der Waals surface area contributed by atoms with Gasteiger partial charge < -0.3 is 21.1 Å². The predicted octanol–water partition coefficient (Wildman–Crippen LogP) is 1.04. The molecule has 1 amide bonds. The van der Waals surface area contributed by atoms with Crippen LogP contribution in [0.1, 0.15) is 29.4 Å². The molecular formula is C12H19N3O2S. The summed E-state index contributed by atoms with van der Waals surface area (Å²) in [6.07, 6.45) is 1.76. The second-order valence-electron chi connectivity index (χ2n) is 4.97. The summed E-state index contributed by atoms with van der Waals surface area (Å²) in [7, 11) is 1.59. The van der Waals surface area contributed by atoms with Crippen LogP contribution in [-0.2, 0) is 0 Å². The van der Waals surface area contributed by atoms with Gasteiger partial charge in [-0.05, 0) is 25.8 Å². The van der Waals surface area contributed by atoms with Crippen LogP contribution < -0.4 is 16.0 Å².